The number of aryl methyl sites for hydroxylation is 1. The minimum absolute atomic E-state index is 0.364. The number of anilines is 2. The van der Waals surface area contributed by atoms with E-state index < -0.39 is 12.0 Å². The number of rotatable bonds is 4. The third kappa shape index (κ3) is 2.08. The molecule has 20 heavy (non-hydrogen) atoms. The van der Waals surface area contributed by atoms with Crippen molar-refractivity contribution < 1.29 is 9.90 Å². The van der Waals surface area contributed by atoms with Crippen LogP contribution in [0.1, 0.15) is 11.3 Å². The number of aliphatic carboxylic acids is 1. The van der Waals surface area contributed by atoms with E-state index in [1.54, 1.807) is 19.2 Å². The largest absolute Gasteiger partial charge is 0.480 e. The van der Waals surface area contributed by atoms with Crippen LogP contribution in [0.2, 0.25) is 0 Å². The second-order valence-corrected chi connectivity index (χ2v) is 4.97. The van der Waals surface area contributed by atoms with Crippen LogP contribution in [0.15, 0.2) is 12.1 Å². The third-order valence-corrected chi connectivity index (χ3v) is 3.87. The summed E-state index contributed by atoms with van der Waals surface area (Å²) in [5.74, 6) is -0.883. The molecule has 0 bridgehead atoms. The first-order valence-corrected chi connectivity index (χ1v) is 6.40. The Morgan fingerprint density at radius 3 is 2.55 bits per heavy atom. The summed E-state index contributed by atoms with van der Waals surface area (Å²) in [6.07, 6.45) is 0.364. The van der Waals surface area contributed by atoms with Gasteiger partial charge >= 0.3 is 5.97 Å². The molecule has 6 heteroatoms. The fraction of sp³-hybridized carbons (Fsp3) is 0.357. The van der Waals surface area contributed by atoms with E-state index in [0.717, 1.165) is 22.2 Å². The van der Waals surface area contributed by atoms with Crippen molar-refractivity contribution in [3.05, 3.63) is 23.4 Å². The third-order valence-electron chi connectivity index (χ3n) is 3.87. The zero-order valence-electron chi connectivity index (χ0n) is 11.9. The number of carbonyl (C=O) groups is 1. The van der Waals surface area contributed by atoms with Crippen molar-refractivity contribution >= 4 is 28.2 Å². The van der Waals surface area contributed by atoms with E-state index in [4.69, 9.17) is 11.5 Å². The molecule has 1 aromatic heterocycles. The van der Waals surface area contributed by atoms with Gasteiger partial charge in [-0.25, -0.2) is 0 Å². The Balaban J connectivity index is 2.67. The molecule has 0 aliphatic rings. The molecule has 6 N–H and O–H groups in total. The Kier molecular flexibility index (Phi) is 3.59. The van der Waals surface area contributed by atoms with Crippen molar-refractivity contribution in [3.63, 3.8) is 0 Å². The van der Waals surface area contributed by atoms with Crippen LogP contribution in [0, 0.1) is 6.92 Å². The molecule has 1 unspecified atom stereocenters. The summed E-state index contributed by atoms with van der Waals surface area (Å²) in [5, 5.41) is 12.9. The van der Waals surface area contributed by atoms with Crippen LogP contribution in [0.3, 0.4) is 0 Å². The van der Waals surface area contributed by atoms with E-state index in [1.807, 2.05) is 18.5 Å². The molecule has 0 fully saturated rings. The number of fused-ring (bicyclic) bond motifs is 1. The second-order valence-electron chi connectivity index (χ2n) is 4.97. The van der Waals surface area contributed by atoms with Crippen LogP contribution >= 0.6 is 0 Å². The van der Waals surface area contributed by atoms with E-state index in [1.165, 1.54) is 0 Å². The molecular weight excluding hydrogens is 256 g/mol. The zero-order chi connectivity index (χ0) is 15.0. The lowest BCUT2D eigenvalue weighted by Crippen LogP contribution is -2.35. The Morgan fingerprint density at radius 1 is 1.40 bits per heavy atom. The van der Waals surface area contributed by atoms with E-state index in [9.17, 15) is 9.90 Å². The van der Waals surface area contributed by atoms with Crippen LogP contribution in [0.25, 0.3) is 10.9 Å². The van der Waals surface area contributed by atoms with Crippen molar-refractivity contribution in [2.24, 2.45) is 7.05 Å². The van der Waals surface area contributed by atoms with E-state index >= 15 is 0 Å². The van der Waals surface area contributed by atoms with Crippen molar-refractivity contribution in [1.29, 1.82) is 0 Å². The van der Waals surface area contributed by atoms with Gasteiger partial charge in [-0.15, -0.1) is 0 Å². The molecule has 0 saturated heterocycles. The topological polar surface area (TPSA) is 106 Å². The number of benzene rings is 1. The molecule has 108 valence electrons. The van der Waals surface area contributed by atoms with Crippen LogP contribution in [-0.2, 0) is 18.3 Å². The predicted molar refractivity (Wildman–Crippen MR) is 80.7 cm³/mol. The summed E-state index contributed by atoms with van der Waals surface area (Å²) in [6.45, 7) is 1.95. The molecule has 0 amide bonds. The Morgan fingerprint density at radius 2 is 2.00 bits per heavy atom. The number of carboxylic acid groups (broad SMARTS) is 1. The van der Waals surface area contributed by atoms with E-state index in [-0.39, 0.29) is 0 Å². The monoisotopic (exact) mass is 276 g/mol. The maximum absolute atomic E-state index is 11.2. The predicted octanol–water partition coefficient (Wildman–Crippen LogP) is 0.866. The summed E-state index contributed by atoms with van der Waals surface area (Å²) in [6, 6.07) is 2.88. The minimum Gasteiger partial charge on any atom is -0.480 e. The highest BCUT2D eigenvalue weighted by Gasteiger charge is 2.22. The number of nitrogens with one attached hydrogen (secondary N) is 1. The van der Waals surface area contributed by atoms with Gasteiger partial charge in [-0.3, -0.25) is 4.79 Å². The number of nitrogens with two attached hydrogens (primary N) is 2. The van der Waals surface area contributed by atoms with Crippen molar-refractivity contribution in [3.8, 4) is 0 Å². The van der Waals surface area contributed by atoms with Gasteiger partial charge in [0.05, 0.1) is 11.2 Å². The van der Waals surface area contributed by atoms with Crippen molar-refractivity contribution in [2.45, 2.75) is 19.4 Å². The lowest BCUT2D eigenvalue weighted by atomic mass is 10.0. The molecule has 0 aliphatic heterocycles. The SMILES string of the molecule is CNC(Cc1c(C)n(C)c2c(N)ccc(N)c12)C(=O)O. The molecule has 0 saturated carbocycles. The van der Waals surface area contributed by atoms with E-state index in [2.05, 4.69) is 5.32 Å². The van der Waals surface area contributed by atoms with Gasteiger partial charge in [0.25, 0.3) is 0 Å². The molecule has 2 aromatic rings. The summed E-state index contributed by atoms with van der Waals surface area (Å²) < 4.78 is 1.96. The summed E-state index contributed by atoms with van der Waals surface area (Å²) >= 11 is 0. The van der Waals surface area contributed by atoms with Gasteiger partial charge in [0.2, 0.25) is 0 Å². The van der Waals surface area contributed by atoms with E-state index in [0.29, 0.717) is 17.8 Å². The fourth-order valence-corrected chi connectivity index (χ4v) is 2.62. The molecule has 0 spiro atoms. The van der Waals surface area contributed by atoms with Gasteiger partial charge in [0.1, 0.15) is 6.04 Å². The Bertz CT molecular complexity index is 676. The normalized spacial score (nSPS) is 12.8. The number of carboxylic acids is 1. The number of nitrogens with zero attached hydrogens (tertiary/aromatic N) is 1. The smallest absolute Gasteiger partial charge is 0.321 e. The number of nitrogen functional groups attached to an aromatic ring is 2. The quantitative estimate of drug-likeness (QED) is 0.620. The van der Waals surface area contributed by atoms with Gasteiger partial charge in [-0.05, 0) is 31.7 Å². The lowest BCUT2D eigenvalue weighted by Gasteiger charge is -2.12. The minimum atomic E-state index is -0.883. The van der Waals surface area contributed by atoms with Crippen LogP contribution in [-0.4, -0.2) is 28.7 Å². The van der Waals surface area contributed by atoms with Crippen molar-refractivity contribution in [1.82, 2.24) is 9.88 Å². The van der Waals surface area contributed by atoms with Crippen LogP contribution < -0.4 is 16.8 Å². The Hall–Kier alpha value is -2.21. The summed E-state index contributed by atoms with van der Waals surface area (Å²) in [5.41, 5.74) is 16.1. The molecule has 1 atom stereocenters. The first-order chi connectivity index (χ1) is 9.38. The maximum Gasteiger partial charge on any atom is 0.321 e. The van der Waals surface area contributed by atoms with Crippen molar-refractivity contribution in [2.75, 3.05) is 18.5 Å². The summed E-state index contributed by atoms with van der Waals surface area (Å²) in [4.78, 5) is 11.2. The molecular formula is C14H20N4O2. The fourth-order valence-electron chi connectivity index (χ4n) is 2.62. The van der Waals surface area contributed by atoms with Gasteiger partial charge in [0, 0.05) is 30.2 Å². The van der Waals surface area contributed by atoms with Gasteiger partial charge in [-0.2, -0.15) is 0 Å². The standard InChI is InChI=1S/C14H20N4O2/c1-7-8(6-11(17-2)14(19)20)12-9(15)4-5-10(16)13(12)18(7)3/h4-5,11,17H,6,15-16H2,1-3H3,(H,19,20). The average Bonchev–Trinajstić information content (AvgIpc) is 2.65. The van der Waals surface area contributed by atoms with Crippen LogP contribution in [0.4, 0.5) is 11.4 Å². The Labute approximate surface area is 117 Å². The lowest BCUT2D eigenvalue weighted by molar-refractivity contribution is -0.139. The number of likely N-dealkylation sites (N-methyl/N-ethyl adjacent to an activating group) is 1. The van der Waals surface area contributed by atoms with Gasteiger partial charge in [0.15, 0.2) is 0 Å². The molecule has 0 radical (unpaired) electrons. The number of hydrogen-bond donors (Lipinski definition) is 4. The highest BCUT2D eigenvalue weighted by atomic mass is 16.4. The number of aromatic nitrogens is 1. The first kappa shape index (κ1) is 14.2. The van der Waals surface area contributed by atoms with Gasteiger partial charge in [-0.1, -0.05) is 0 Å². The molecule has 6 nitrogen and oxygen atoms in total. The summed E-state index contributed by atoms with van der Waals surface area (Å²) in [7, 11) is 3.54. The maximum atomic E-state index is 11.2. The molecule has 0 aliphatic carbocycles. The molecule has 2 rings (SSSR count). The van der Waals surface area contributed by atoms with Gasteiger partial charge < -0.3 is 26.5 Å². The number of hydrogen-bond acceptors (Lipinski definition) is 4. The molecule has 1 aromatic carbocycles. The highest BCUT2D eigenvalue weighted by molar-refractivity contribution is 6.02. The van der Waals surface area contributed by atoms with Crippen LogP contribution in [0.5, 0.6) is 0 Å². The zero-order valence-corrected chi connectivity index (χ0v) is 11.9. The second kappa shape index (κ2) is 5.05. The first-order valence-electron chi connectivity index (χ1n) is 6.40. The highest BCUT2D eigenvalue weighted by Crippen LogP contribution is 2.34. The molecule has 1 heterocycles. The average molecular weight is 276 g/mol.